The van der Waals surface area contributed by atoms with E-state index in [1.54, 1.807) is 12.0 Å². The summed E-state index contributed by atoms with van der Waals surface area (Å²) in [6.45, 7) is 9.07. The fourth-order valence-electron chi connectivity index (χ4n) is 2.65. The van der Waals surface area contributed by atoms with E-state index in [0.717, 1.165) is 13.0 Å². The van der Waals surface area contributed by atoms with Crippen LogP contribution in [-0.2, 0) is 9.47 Å². The highest BCUT2D eigenvalue weighted by atomic mass is 16.6. The van der Waals surface area contributed by atoms with Crippen molar-refractivity contribution in [1.29, 1.82) is 0 Å². The summed E-state index contributed by atoms with van der Waals surface area (Å²) in [7, 11) is 5.75. The first-order chi connectivity index (χ1) is 8.58. The fourth-order valence-corrected chi connectivity index (χ4v) is 2.65. The van der Waals surface area contributed by atoms with Crippen molar-refractivity contribution >= 4 is 6.09 Å². The maximum absolute atomic E-state index is 12.2. The van der Waals surface area contributed by atoms with Gasteiger partial charge in [0.05, 0.1) is 12.1 Å². The molecule has 0 aliphatic carbocycles. The number of carbonyl (C=O) groups is 1. The van der Waals surface area contributed by atoms with E-state index in [2.05, 4.69) is 4.90 Å². The number of carbonyl (C=O) groups excluding carboxylic acids is 1. The molecular weight excluding hydrogens is 244 g/mol. The number of likely N-dealkylation sites (N-methyl/N-ethyl adjacent to an activating group) is 1. The lowest BCUT2D eigenvalue weighted by Gasteiger charge is -2.31. The summed E-state index contributed by atoms with van der Waals surface area (Å²) in [4.78, 5) is 16.1. The van der Waals surface area contributed by atoms with Crippen LogP contribution < -0.4 is 0 Å². The molecule has 0 bridgehead atoms. The molecule has 0 radical (unpaired) electrons. The minimum absolute atomic E-state index is 0.134. The van der Waals surface area contributed by atoms with Crippen molar-refractivity contribution in [2.45, 2.75) is 51.4 Å². The van der Waals surface area contributed by atoms with Gasteiger partial charge in [-0.05, 0) is 48.2 Å². The van der Waals surface area contributed by atoms with E-state index >= 15 is 0 Å². The summed E-state index contributed by atoms with van der Waals surface area (Å²) >= 11 is 0. The van der Waals surface area contributed by atoms with Crippen molar-refractivity contribution < 1.29 is 14.3 Å². The predicted molar refractivity (Wildman–Crippen MR) is 75.3 cm³/mol. The number of ether oxygens (including phenoxy) is 2. The van der Waals surface area contributed by atoms with E-state index in [9.17, 15) is 4.79 Å². The Morgan fingerprint density at radius 3 is 2.42 bits per heavy atom. The molecule has 5 nitrogen and oxygen atoms in total. The fraction of sp³-hybridized carbons (Fsp3) is 0.929. The van der Waals surface area contributed by atoms with Gasteiger partial charge in [-0.15, -0.1) is 0 Å². The minimum Gasteiger partial charge on any atom is -0.444 e. The third-order valence-corrected chi connectivity index (χ3v) is 3.32. The smallest absolute Gasteiger partial charge is 0.410 e. The summed E-state index contributed by atoms with van der Waals surface area (Å²) in [5.41, 5.74) is -0.753. The zero-order valence-electron chi connectivity index (χ0n) is 13.3. The molecule has 0 N–H and O–H groups in total. The topological polar surface area (TPSA) is 42.0 Å². The molecule has 1 rings (SSSR count). The molecular formula is C14H28N2O3. The predicted octanol–water partition coefficient (Wildman–Crippen LogP) is 1.96. The first kappa shape index (κ1) is 16.2. The van der Waals surface area contributed by atoms with Gasteiger partial charge in [0, 0.05) is 19.7 Å². The Morgan fingerprint density at radius 1 is 1.42 bits per heavy atom. The second-order valence-corrected chi connectivity index (χ2v) is 6.79. The molecule has 1 aliphatic heterocycles. The van der Waals surface area contributed by atoms with Gasteiger partial charge >= 0.3 is 6.09 Å². The molecule has 1 heterocycles. The zero-order chi connectivity index (χ0) is 14.8. The van der Waals surface area contributed by atoms with Crippen molar-refractivity contribution in [3.8, 4) is 0 Å². The molecule has 112 valence electrons. The van der Waals surface area contributed by atoms with Crippen LogP contribution in [0.25, 0.3) is 0 Å². The first-order valence-electron chi connectivity index (χ1n) is 6.78. The maximum Gasteiger partial charge on any atom is 0.410 e. The Bertz CT molecular complexity index is 325. The Kier molecular flexibility index (Phi) is 4.85. The van der Waals surface area contributed by atoms with E-state index in [0.29, 0.717) is 6.54 Å². The largest absolute Gasteiger partial charge is 0.444 e. The normalized spacial score (nSPS) is 28.0. The van der Waals surface area contributed by atoms with E-state index < -0.39 is 5.60 Å². The number of hydrogen-bond acceptors (Lipinski definition) is 4. The first-order valence-corrected chi connectivity index (χ1v) is 6.78. The Labute approximate surface area is 116 Å². The van der Waals surface area contributed by atoms with Crippen LogP contribution in [0, 0.1) is 0 Å². The lowest BCUT2D eigenvalue weighted by molar-refractivity contribution is -0.0239. The Morgan fingerprint density at radius 2 is 2.00 bits per heavy atom. The van der Waals surface area contributed by atoms with Crippen LogP contribution in [0.1, 0.15) is 34.1 Å². The van der Waals surface area contributed by atoms with Crippen molar-refractivity contribution in [2.24, 2.45) is 0 Å². The van der Waals surface area contributed by atoms with Crippen LogP contribution in [0.15, 0.2) is 0 Å². The van der Waals surface area contributed by atoms with Crippen molar-refractivity contribution in [3.63, 3.8) is 0 Å². The van der Waals surface area contributed by atoms with Gasteiger partial charge in [0.2, 0.25) is 0 Å². The van der Waals surface area contributed by atoms with Crippen LogP contribution >= 0.6 is 0 Å². The molecule has 0 aromatic heterocycles. The molecule has 0 aromatic carbocycles. The summed E-state index contributed by atoms with van der Waals surface area (Å²) in [5, 5.41) is 0. The van der Waals surface area contributed by atoms with Gasteiger partial charge in [0.15, 0.2) is 0 Å². The second-order valence-electron chi connectivity index (χ2n) is 6.79. The molecule has 0 aromatic rings. The van der Waals surface area contributed by atoms with Crippen LogP contribution in [0.5, 0.6) is 0 Å². The van der Waals surface area contributed by atoms with Crippen LogP contribution in [0.2, 0.25) is 0 Å². The van der Waals surface area contributed by atoms with Crippen LogP contribution in [0.3, 0.4) is 0 Å². The highest BCUT2D eigenvalue weighted by Gasteiger charge is 2.45. The molecule has 2 unspecified atom stereocenters. The molecule has 1 fully saturated rings. The average Bonchev–Trinajstić information content (AvgIpc) is 2.53. The number of methoxy groups -OCH3 is 1. The lowest BCUT2D eigenvalue weighted by Crippen LogP contribution is -2.46. The Hall–Kier alpha value is -0.810. The SMILES string of the molecule is COC1(CN(C)C)CC(C)N(C(=O)OC(C)(C)C)C1. The quantitative estimate of drug-likeness (QED) is 0.787. The van der Waals surface area contributed by atoms with Crippen molar-refractivity contribution in [3.05, 3.63) is 0 Å². The molecule has 2 atom stereocenters. The summed E-state index contributed by atoms with van der Waals surface area (Å²) in [6.07, 6.45) is 0.582. The van der Waals surface area contributed by atoms with Crippen molar-refractivity contribution in [1.82, 2.24) is 9.80 Å². The summed E-state index contributed by atoms with van der Waals surface area (Å²) in [5.74, 6) is 0. The standard InChI is InChI=1S/C14H28N2O3/c1-11-8-14(18-7,9-15(5)6)10-16(11)12(17)19-13(2,3)4/h11H,8-10H2,1-7H3. The molecule has 19 heavy (non-hydrogen) atoms. The second kappa shape index (κ2) is 5.67. The lowest BCUT2D eigenvalue weighted by atomic mass is 10.00. The zero-order valence-corrected chi connectivity index (χ0v) is 13.3. The number of hydrogen-bond donors (Lipinski definition) is 0. The number of amides is 1. The van der Waals surface area contributed by atoms with E-state index in [-0.39, 0.29) is 17.7 Å². The molecule has 1 saturated heterocycles. The van der Waals surface area contributed by atoms with Gasteiger partial charge in [-0.1, -0.05) is 0 Å². The van der Waals surface area contributed by atoms with Crippen LogP contribution in [0.4, 0.5) is 4.79 Å². The van der Waals surface area contributed by atoms with Crippen molar-refractivity contribution in [2.75, 3.05) is 34.3 Å². The van der Waals surface area contributed by atoms with Crippen LogP contribution in [-0.4, -0.2) is 67.4 Å². The van der Waals surface area contributed by atoms with Gasteiger partial charge in [-0.2, -0.15) is 0 Å². The van der Waals surface area contributed by atoms with Gasteiger partial charge in [-0.3, -0.25) is 0 Å². The number of rotatable bonds is 3. The molecule has 0 spiro atoms. The third kappa shape index (κ3) is 4.35. The summed E-state index contributed by atoms with van der Waals surface area (Å²) in [6, 6.07) is 0.134. The van der Waals surface area contributed by atoms with Gasteiger partial charge < -0.3 is 19.3 Å². The Balaban J connectivity index is 2.75. The molecule has 0 saturated carbocycles. The number of likely N-dealkylation sites (tertiary alicyclic amines) is 1. The van der Waals surface area contributed by atoms with Gasteiger partial charge in [-0.25, -0.2) is 4.79 Å². The van der Waals surface area contributed by atoms with E-state index in [4.69, 9.17) is 9.47 Å². The monoisotopic (exact) mass is 272 g/mol. The van der Waals surface area contributed by atoms with Gasteiger partial charge in [0.1, 0.15) is 5.60 Å². The summed E-state index contributed by atoms with van der Waals surface area (Å²) < 4.78 is 11.2. The highest BCUT2D eigenvalue weighted by molar-refractivity contribution is 5.69. The molecule has 1 aliphatic rings. The third-order valence-electron chi connectivity index (χ3n) is 3.32. The molecule has 5 heteroatoms. The minimum atomic E-state index is -0.462. The number of nitrogens with zero attached hydrogens (tertiary/aromatic N) is 2. The highest BCUT2D eigenvalue weighted by Crippen LogP contribution is 2.31. The molecule has 1 amide bonds. The van der Waals surface area contributed by atoms with E-state index in [1.807, 2.05) is 41.8 Å². The van der Waals surface area contributed by atoms with Gasteiger partial charge in [0.25, 0.3) is 0 Å². The van der Waals surface area contributed by atoms with E-state index in [1.165, 1.54) is 0 Å². The average molecular weight is 272 g/mol. The maximum atomic E-state index is 12.2.